The van der Waals surface area contributed by atoms with Crippen LogP contribution in [-0.4, -0.2) is 5.91 Å². The van der Waals surface area contributed by atoms with Gasteiger partial charge >= 0.3 is 0 Å². The number of benzene rings is 2. The van der Waals surface area contributed by atoms with E-state index in [2.05, 4.69) is 5.32 Å². The second kappa shape index (κ2) is 5.73. The smallest absolute Gasteiger partial charge is 0.248 e. The van der Waals surface area contributed by atoms with Crippen LogP contribution in [0.25, 0.3) is 0 Å². The lowest BCUT2D eigenvalue weighted by molar-refractivity contribution is -0.120. The van der Waals surface area contributed by atoms with E-state index in [1.165, 1.54) is 12.1 Å². The Morgan fingerprint density at radius 2 is 1.95 bits per heavy atom. The number of nitrogens with zero attached hydrogens (tertiary/aromatic N) is 1. The zero-order valence-corrected chi connectivity index (χ0v) is 11.4. The maximum Gasteiger partial charge on any atom is 0.248 e. The fraction of sp³-hybridized carbons (Fsp3) is 0.125. The lowest BCUT2D eigenvalue weighted by Crippen LogP contribution is -2.45. The third-order valence-corrected chi connectivity index (χ3v) is 3.19. The Bertz CT molecular complexity index is 705. The van der Waals surface area contributed by atoms with Crippen molar-refractivity contribution in [3.05, 3.63) is 65.5 Å². The summed E-state index contributed by atoms with van der Waals surface area (Å²) in [6.45, 7) is 1.55. The Morgan fingerprint density at radius 3 is 2.52 bits per heavy atom. The molecule has 0 spiro atoms. The zero-order chi connectivity index (χ0) is 15.5. The van der Waals surface area contributed by atoms with Crippen LogP contribution in [0.1, 0.15) is 18.1 Å². The molecule has 21 heavy (non-hydrogen) atoms. The van der Waals surface area contributed by atoms with Gasteiger partial charge in [0.1, 0.15) is 11.4 Å². The lowest BCUT2D eigenvalue weighted by Gasteiger charge is -2.24. The molecule has 3 N–H and O–H groups in total. The molecule has 0 aliphatic carbocycles. The van der Waals surface area contributed by atoms with Crippen molar-refractivity contribution in [2.45, 2.75) is 12.5 Å². The molecule has 0 fully saturated rings. The molecule has 2 rings (SSSR count). The van der Waals surface area contributed by atoms with E-state index in [0.29, 0.717) is 5.56 Å². The van der Waals surface area contributed by atoms with Crippen molar-refractivity contribution in [3.63, 3.8) is 0 Å². The average Bonchev–Trinajstić information content (AvgIpc) is 2.50. The minimum Gasteiger partial charge on any atom is -0.322 e. The summed E-state index contributed by atoms with van der Waals surface area (Å²) in [5, 5.41) is 11.1. The fourth-order valence-corrected chi connectivity index (χ4v) is 1.85. The first-order valence-corrected chi connectivity index (χ1v) is 6.30. The predicted octanol–water partition coefficient (Wildman–Crippen LogP) is 2.51. The van der Waals surface area contributed by atoms with E-state index in [9.17, 15) is 9.18 Å². The van der Waals surface area contributed by atoms with Crippen LogP contribution in [0.3, 0.4) is 0 Å². The molecule has 0 radical (unpaired) electrons. The van der Waals surface area contributed by atoms with Crippen molar-refractivity contribution in [2.24, 2.45) is 5.73 Å². The maximum atomic E-state index is 13.8. The molecule has 5 heteroatoms. The molecule has 2 aromatic rings. The van der Waals surface area contributed by atoms with Crippen molar-refractivity contribution in [1.82, 2.24) is 0 Å². The summed E-state index contributed by atoms with van der Waals surface area (Å²) in [5.74, 6) is -1.21. The lowest BCUT2D eigenvalue weighted by atomic mass is 9.92. The predicted molar refractivity (Wildman–Crippen MR) is 77.7 cm³/mol. The number of hydrogen-bond donors (Lipinski definition) is 2. The summed E-state index contributed by atoms with van der Waals surface area (Å²) >= 11 is 0. The van der Waals surface area contributed by atoms with Crippen LogP contribution in [0, 0.1) is 17.1 Å². The molecule has 1 unspecified atom stereocenters. The van der Waals surface area contributed by atoms with Gasteiger partial charge in [-0.1, -0.05) is 30.3 Å². The molecular formula is C16H14FN3O. The summed E-state index contributed by atoms with van der Waals surface area (Å²) < 4.78 is 13.8. The average molecular weight is 283 g/mol. The van der Waals surface area contributed by atoms with Gasteiger partial charge in [-0.3, -0.25) is 4.79 Å². The summed E-state index contributed by atoms with van der Waals surface area (Å²) in [6.07, 6.45) is 0. The molecule has 1 amide bonds. The number of nitrogens with two attached hydrogens (primary N) is 1. The molecule has 0 saturated heterocycles. The van der Waals surface area contributed by atoms with Crippen LogP contribution in [0.15, 0.2) is 48.5 Å². The summed E-state index contributed by atoms with van der Waals surface area (Å²) in [5.41, 5.74) is 5.56. The fourth-order valence-electron chi connectivity index (χ4n) is 1.85. The van der Waals surface area contributed by atoms with Crippen molar-refractivity contribution >= 4 is 11.6 Å². The van der Waals surface area contributed by atoms with Gasteiger partial charge in [0.05, 0.1) is 17.3 Å². The molecule has 0 aromatic heterocycles. The van der Waals surface area contributed by atoms with E-state index in [-0.39, 0.29) is 11.3 Å². The van der Waals surface area contributed by atoms with Gasteiger partial charge in [-0.2, -0.15) is 5.26 Å². The van der Waals surface area contributed by atoms with Crippen molar-refractivity contribution in [2.75, 3.05) is 5.32 Å². The zero-order valence-electron chi connectivity index (χ0n) is 11.4. The highest BCUT2D eigenvalue weighted by molar-refractivity contribution is 5.98. The van der Waals surface area contributed by atoms with Crippen LogP contribution in [-0.2, 0) is 10.3 Å². The van der Waals surface area contributed by atoms with Gasteiger partial charge in [0.25, 0.3) is 0 Å². The third-order valence-electron chi connectivity index (χ3n) is 3.19. The number of rotatable bonds is 3. The Labute approximate surface area is 122 Å². The number of carbonyl (C=O) groups is 1. The number of halogens is 1. The topological polar surface area (TPSA) is 78.9 Å². The Morgan fingerprint density at radius 1 is 1.29 bits per heavy atom. The minimum absolute atomic E-state index is 0.00777. The van der Waals surface area contributed by atoms with Crippen LogP contribution in [0.2, 0.25) is 0 Å². The maximum absolute atomic E-state index is 13.8. The number of amides is 1. The first-order chi connectivity index (χ1) is 9.95. The highest BCUT2D eigenvalue weighted by Gasteiger charge is 2.30. The van der Waals surface area contributed by atoms with Gasteiger partial charge in [-0.15, -0.1) is 0 Å². The van der Waals surface area contributed by atoms with E-state index in [0.717, 1.165) is 6.07 Å². The molecule has 4 nitrogen and oxygen atoms in total. The van der Waals surface area contributed by atoms with E-state index in [4.69, 9.17) is 11.0 Å². The molecule has 1 atom stereocenters. The molecule has 2 aromatic carbocycles. The van der Waals surface area contributed by atoms with Crippen LogP contribution < -0.4 is 11.1 Å². The number of carbonyl (C=O) groups excluding carboxylic acids is 1. The highest BCUT2D eigenvalue weighted by atomic mass is 19.1. The Kier molecular flexibility index (Phi) is 4.01. The van der Waals surface area contributed by atoms with E-state index in [1.54, 1.807) is 31.2 Å². The Hall–Kier alpha value is -2.71. The molecular weight excluding hydrogens is 269 g/mol. The van der Waals surface area contributed by atoms with Crippen molar-refractivity contribution in [1.29, 1.82) is 5.26 Å². The first kappa shape index (κ1) is 14.7. The van der Waals surface area contributed by atoms with E-state index in [1.807, 2.05) is 12.1 Å². The quantitative estimate of drug-likeness (QED) is 0.908. The molecule has 0 heterocycles. The van der Waals surface area contributed by atoms with Gasteiger partial charge in [0.2, 0.25) is 5.91 Å². The highest BCUT2D eigenvalue weighted by Crippen LogP contribution is 2.22. The monoisotopic (exact) mass is 283 g/mol. The van der Waals surface area contributed by atoms with Crippen LogP contribution in [0.5, 0.6) is 0 Å². The summed E-state index contributed by atoms with van der Waals surface area (Å²) in [7, 11) is 0. The second-order valence-corrected chi connectivity index (χ2v) is 4.83. The minimum atomic E-state index is -1.29. The van der Waals surface area contributed by atoms with E-state index < -0.39 is 17.3 Å². The largest absolute Gasteiger partial charge is 0.322 e. The molecule has 0 aliphatic heterocycles. The van der Waals surface area contributed by atoms with Gasteiger partial charge < -0.3 is 11.1 Å². The number of hydrogen-bond acceptors (Lipinski definition) is 3. The molecule has 0 bridgehead atoms. The van der Waals surface area contributed by atoms with Crippen LogP contribution >= 0.6 is 0 Å². The van der Waals surface area contributed by atoms with Gasteiger partial charge in [-0.25, -0.2) is 4.39 Å². The van der Waals surface area contributed by atoms with Crippen molar-refractivity contribution < 1.29 is 9.18 Å². The normalized spacial score (nSPS) is 13.0. The summed E-state index contributed by atoms with van der Waals surface area (Å²) in [6, 6.07) is 14.5. The molecule has 106 valence electrons. The second-order valence-electron chi connectivity index (χ2n) is 4.83. The number of nitrogens with one attached hydrogen (secondary N) is 1. The summed E-state index contributed by atoms with van der Waals surface area (Å²) in [4.78, 5) is 12.3. The standard InChI is InChI=1S/C16H14FN3O/c1-16(19,12-5-3-2-4-6-12)15(21)20-14-8-7-11(10-18)9-13(14)17/h2-9H,19H2,1H3,(H,20,21). The first-order valence-electron chi connectivity index (χ1n) is 6.30. The Balaban J connectivity index is 2.24. The SMILES string of the molecule is CC(N)(C(=O)Nc1ccc(C#N)cc1F)c1ccccc1. The third kappa shape index (κ3) is 3.07. The number of anilines is 1. The molecule has 0 saturated carbocycles. The van der Waals surface area contributed by atoms with E-state index >= 15 is 0 Å². The van der Waals surface area contributed by atoms with Crippen molar-refractivity contribution in [3.8, 4) is 6.07 Å². The van der Waals surface area contributed by atoms with Gasteiger partial charge in [0, 0.05) is 0 Å². The van der Waals surface area contributed by atoms with Gasteiger partial charge in [-0.05, 0) is 30.7 Å². The molecule has 0 aliphatic rings. The van der Waals surface area contributed by atoms with Gasteiger partial charge in [0.15, 0.2) is 0 Å². The van der Waals surface area contributed by atoms with Crippen LogP contribution in [0.4, 0.5) is 10.1 Å². The number of nitriles is 1.